The van der Waals surface area contributed by atoms with Crippen LogP contribution in [-0.4, -0.2) is 24.0 Å². The third kappa shape index (κ3) is 2.66. The fourth-order valence-electron chi connectivity index (χ4n) is 0.505. The number of hydrogen-bond acceptors (Lipinski definition) is 2. The number of aliphatic carboxylic acids is 1. The highest BCUT2D eigenvalue weighted by Gasteiger charge is 2.08. The summed E-state index contributed by atoms with van der Waals surface area (Å²) in [4.78, 5) is 13.9. The minimum absolute atomic E-state index is 0.00241. The van der Waals surface area contributed by atoms with E-state index in [4.69, 9.17) is 10.8 Å². The van der Waals surface area contributed by atoms with Gasteiger partial charge in [0.25, 0.3) is 0 Å². The molecule has 0 fully saturated rings. The molecule has 0 unspecified atom stereocenters. The van der Waals surface area contributed by atoms with Gasteiger partial charge in [-0.05, 0) is 6.08 Å². The molecule has 0 atom stereocenters. The summed E-state index contributed by atoms with van der Waals surface area (Å²) in [7, 11) is 1.43. The van der Waals surface area contributed by atoms with Crippen LogP contribution in [0, 0.1) is 0 Å². The van der Waals surface area contributed by atoms with Crippen molar-refractivity contribution in [1.29, 1.82) is 0 Å². The Morgan fingerprint density at radius 1 is 1.73 bits per heavy atom. The summed E-state index contributed by atoms with van der Waals surface area (Å²) in [5.74, 6) is -1.11. The molecule has 0 radical (unpaired) electrons. The lowest BCUT2D eigenvalue weighted by Crippen LogP contribution is -2.20. The third-order valence-corrected chi connectivity index (χ3v) is 1.03. The summed E-state index contributed by atoms with van der Waals surface area (Å²) in [6, 6.07) is 0. The first-order valence-corrected chi connectivity index (χ1v) is 2.92. The molecule has 0 spiro atoms. The Balaban J connectivity index is 4.76. The van der Waals surface area contributed by atoms with E-state index >= 15 is 0 Å². The predicted octanol–water partition coefficient (Wildman–Crippen LogP) is 0.170. The first-order chi connectivity index (χ1) is 5.13. The van der Waals surface area contributed by atoms with E-state index in [1.165, 1.54) is 19.2 Å². The van der Waals surface area contributed by atoms with Gasteiger partial charge in [0, 0.05) is 7.05 Å². The molecule has 3 N–H and O–H groups in total. The molecule has 11 heavy (non-hydrogen) atoms. The van der Waals surface area contributed by atoms with E-state index in [0.29, 0.717) is 0 Å². The molecule has 4 heteroatoms. The molecule has 0 bridgehead atoms. The van der Waals surface area contributed by atoms with Crippen LogP contribution in [0.3, 0.4) is 0 Å². The average molecular weight is 154 g/mol. The summed E-state index contributed by atoms with van der Waals surface area (Å²) in [6.07, 6.45) is 2.64. The number of carboxylic acid groups (broad SMARTS) is 1. The van der Waals surface area contributed by atoms with Crippen molar-refractivity contribution in [3.8, 4) is 0 Å². The molecule has 4 nitrogen and oxygen atoms in total. The smallest absolute Gasteiger partial charge is 0.339 e. The van der Waals surface area contributed by atoms with Crippen molar-refractivity contribution in [3.05, 3.63) is 24.3 Å². The Morgan fingerprint density at radius 3 is 2.55 bits per heavy atom. The quantitative estimate of drug-likeness (QED) is 0.263. The lowest BCUT2D eigenvalue weighted by molar-refractivity contribution is -0.132. The first-order valence-electron chi connectivity index (χ1n) is 2.92. The van der Waals surface area contributed by atoms with Crippen LogP contribution in [0.25, 0.3) is 0 Å². The topological polar surface area (TPSA) is 75.7 Å². The van der Waals surface area contributed by atoms with Gasteiger partial charge in [-0.15, -0.1) is 0 Å². The van der Waals surface area contributed by atoms with Gasteiger partial charge in [0.2, 0.25) is 0 Å². The molecule has 0 aliphatic heterocycles. The fourth-order valence-corrected chi connectivity index (χ4v) is 0.505. The van der Waals surface area contributed by atoms with Crippen molar-refractivity contribution >= 4 is 11.8 Å². The van der Waals surface area contributed by atoms with Crippen molar-refractivity contribution < 1.29 is 9.90 Å². The zero-order valence-electron chi connectivity index (χ0n) is 6.24. The zero-order valence-corrected chi connectivity index (χ0v) is 6.24. The van der Waals surface area contributed by atoms with E-state index in [1.54, 1.807) is 0 Å². The molecule has 0 aromatic carbocycles. The van der Waals surface area contributed by atoms with E-state index in [2.05, 4.69) is 11.6 Å². The van der Waals surface area contributed by atoms with Gasteiger partial charge in [-0.2, -0.15) is 0 Å². The van der Waals surface area contributed by atoms with Crippen LogP contribution in [0.5, 0.6) is 0 Å². The van der Waals surface area contributed by atoms with Gasteiger partial charge >= 0.3 is 5.97 Å². The van der Waals surface area contributed by atoms with E-state index in [0.717, 1.165) is 0 Å². The van der Waals surface area contributed by atoms with Gasteiger partial charge in [0.1, 0.15) is 11.4 Å². The van der Waals surface area contributed by atoms with E-state index in [-0.39, 0.29) is 11.4 Å². The average Bonchev–Trinajstić information content (AvgIpc) is 1.98. The number of aliphatic imine (C=N–C) groups is 1. The standard InChI is InChI=1S/C7H10N2O2/c1-3-4-5(7(10)11)6(8)9-2/h3-4H,1H2,2H3,(H2,8,9)(H,10,11)/b5-4+. The number of carboxylic acids is 1. The van der Waals surface area contributed by atoms with Gasteiger partial charge in [0.15, 0.2) is 0 Å². The fraction of sp³-hybridized carbons (Fsp3) is 0.143. The van der Waals surface area contributed by atoms with Gasteiger partial charge < -0.3 is 10.8 Å². The van der Waals surface area contributed by atoms with Crippen molar-refractivity contribution in [2.75, 3.05) is 7.05 Å². The summed E-state index contributed by atoms with van der Waals surface area (Å²) >= 11 is 0. The van der Waals surface area contributed by atoms with Crippen molar-refractivity contribution in [3.63, 3.8) is 0 Å². The number of allylic oxidation sites excluding steroid dienone is 2. The Morgan fingerprint density at radius 2 is 2.27 bits per heavy atom. The Bertz CT molecular complexity index is 229. The van der Waals surface area contributed by atoms with Crippen molar-refractivity contribution in [1.82, 2.24) is 0 Å². The van der Waals surface area contributed by atoms with Crippen LogP contribution in [0.15, 0.2) is 29.3 Å². The van der Waals surface area contributed by atoms with Gasteiger partial charge in [-0.3, -0.25) is 4.99 Å². The van der Waals surface area contributed by atoms with Crippen LogP contribution < -0.4 is 5.73 Å². The third-order valence-electron chi connectivity index (χ3n) is 1.03. The van der Waals surface area contributed by atoms with Gasteiger partial charge in [0.05, 0.1) is 0 Å². The number of amidine groups is 1. The molecule has 0 aliphatic rings. The lowest BCUT2D eigenvalue weighted by Gasteiger charge is -1.97. The van der Waals surface area contributed by atoms with Crippen LogP contribution >= 0.6 is 0 Å². The Kier molecular flexibility index (Phi) is 3.66. The molecule has 0 aromatic rings. The highest BCUT2D eigenvalue weighted by molar-refractivity contribution is 6.17. The molecule has 0 saturated heterocycles. The second-order valence-electron chi connectivity index (χ2n) is 1.73. The normalized spacial score (nSPS) is 12.8. The Hall–Kier alpha value is -1.58. The molecular weight excluding hydrogens is 144 g/mol. The molecule has 0 rings (SSSR count). The zero-order chi connectivity index (χ0) is 8.85. The second-order valence-corrected chi connectivity index (χ2v) is 1.73. The molecule has 0 heterocycles. The highest BCUT2D eigenvalue weighted by Crippen LogP contribution is 1.94. The summed E-state index contributed by atoms with van der Waals surface area (Å²) in [5.41, 5.74) is 5.22. The minimum Gasteiger partial charge on any atom is -0.478 e. The number of rotatable bonds is 3. The van der Waals surface area contributed by atoms with Crippen molar-refractivity contribution in [2.24, 2.45) is 10.7 Å². The summed E-state index contributed by atoms with van der Waals surface area (Å²) in [6.45, 7) is 3.35. The molecular formula is C7H10N2O2. The first kappa shape index (κ1) is 9.42. The second kappa shape index (κ2) is 4.27. The molecule has 0 aromatic heterocycles. The number of carbonyl (C=O) groups is 1. The van der Waals surface area contributed by atoms with Crippen LogP contribution in [-0.2, 0) is 4.79 Å². The maximum absolute atomic E-state index is 10.4. The SMILES string of the molecule is C=C/C=C(C(=O)O)\C(N)=N/C. The molecule has 0 aliphatic carbocycles. The van der Waals surface area contributed by atoms with Gasteiger partial charge in [-0.1, -0.05) is 12.7 Å². The van der Waals surface area contributed by atoms with E-state index in [9.17, 15) is 4.79 Å². The Labute approximate surface area is 64.7 Å². The van der Waals surface area contributed by atoms with Crippen LogP contribution in [0.4, 0.5) is 0 Å². The largest absolute Gasteiger partial charge is 0.478 e. The lowest BCUT2D eigenvalue weighted by atomic mass is 10.2. The predicted molar refractivity (Wildman–Crippen MR) is 43.5 cm³/mol. The maximum Gasteiger partial charge on any atom is 0.339 e. The molecule has 60 valence electrons. The molecule has 0 saturated carbocycles. The minimum atomic E-state index is -1.10. The maximum atomic E-state index is 10.4. The summed E-state index contributed by atoms with van der Waals surface area (Å²) < 4.78 is 0. The highest BCUT2D eigenvalue weighted by atomic mass is 16.4. The van der Waals surface area contributed by atoms with Gasteiger partial charge in [-0.25, -0.2) is 4.79 Å². The van der Waals surface area contributed by atoms with Crippen LogP contribution in [0.1, 0.15) is 0 Å². The molecule has 0 amide bonds. The van der Waals surface area contributed by atoms with E-state index in [1.807, 2.05) is 0 Å². The number of hydrogen-bond donors (Lipinski definition) is 2. The monoisotopic (exact) mass is 154 g/mol. The van der Waals surface area contributed by atoms with Crippen LogP contribution in [0.2, 0.25) is 0 Å². The van der Waals surface area contributed by atoms with E-state index < -0.39 is 5.97 Å². The van der Waals surface area contributed by atoms with Crippen molar-refractivity contribution in [2.45, 2.75) is 0 Å². The number of nitrogens with zero attached hydrogens (tertiary/aromatic N) is 1. The summed E-state index contributed by atoms with van der Waals surface area (Å²) in [5, 5.41) is 8.53. The number of nitrogens with two attached hydrogens (primary N) is 1.